The molecular formula is C20H16N4O4. The van der Waals surface area contributed by atoms with Crippen LogP contribution in [0.4, 0.5) is 0 Å². The Morgan fingerprint density at radius 1 is 1.29 bits per heavy atom. The van der Waals surface area contributed by atoms with Crippen molar-refractivity contribution in [2.45, 2.75) is 25.3 Å². The van der Waals surface area contributed by atoms with E-state index >= 15 is 0 Å². The predicted octanol–water partition coefficient (Wildman–Crippen LogP) is 3.42. The van der Waals surface area contributed by atoms with Crippen molar-refractivity contribution in [3.63, 3.8) is 0 Å². The number of nitrogens with zero attached hydrogens (tertiary/aromatic N) is 4. The Bertz CT molecular complexity index is 1210. The maximum atomic E-state index is 11.1. The molecule has 140 valence electrons. The minimum Gasteiger partial charge on any atom is -0.505 e. The molecule has 8 nitrogen and oxygen atoms in total. The van der Waals surface area contributed by atoms with Gasteiger partial charge >= 0.3 is 5.97 Å². The molecule has 0 saturated carbocycles. The lowest BCUT2D eigenvalue weighted by Crippen LogP contribution is -2.02. The van der Waals surface area contributed by atoms with Crippen molar-refractivity contribution in [2.24, 2.45) is 0 Å². The third kappa shape index (κ3) is 2.61. The van der Waals surface area contributed by atoms with Crippen LogP contribution in [0.3, 0.4) is 0 Å². The van der Waals surface area contributed by atoms with E-state index in [1.54, 1.807) is 12.3 Å². The number of carboxylic acids is 1. The maximum Gasteiger partial charge on any atom is 0.304 e. The van der Waals surface area contributed by atoms with Crippen molar-refractivity contribution < 1.29 is 19.5 Å². The van der Waals surface area contributed by atoms with Crippen molar-refractivity contribution in [3.8, 4) is 28.7 Å². The molecule has 2 N–H and O–H groups in total. The van der Waals surface area contributed by atoms with Crippen molar-refractivity contribution in [1.82, 2.24) is 19.7 Å². The quantitative estimate of drug-likeness (QED) is 0.561. The second-order valence-corrected chi connectivity index (χ2v) is 6.87. The smallest absolute Gasteiger partial charge is 0.304 e. The topological polar surface area (TPSA) is 114 Å². The molecule has 1 aliphatic rings. The number of rotatable bonds is 4. The van der Waals surface area contributed by atoms with Gasteiger partial charge in [-0.25, -0.2) is 4.98 Å². The highest BCUT2D eigenvalue weighted by Crippen LogP contribution is 2.37. The van der Waals surface area contributed by atoms with Gasteiger partial charge in [-0.1, -0.05) is 5.16 Å². The summed E-state index contributed by atoms with van der Waals surface area (Å²) in [6.45, 7) is 0.821. The third-order valence-electron chi connectivity index (χ3n) is 5.15. The first-order chi connectivity index (χ1) is 13.6. The number of hydrogen-bond donors (Lipinski definition) is 2. The molecule has 4 aromatic rings. The number of aromatic hydroxyl groups is 1. The van der Waals surface area contributed by atoms with Gasteiger partial charge in [0.2, 0.25) is 5.82 Å². The van der Waals surface area contributed by atoms with Crippen LogP contribution in [0.2, 0.25) is 0 Å². The van der Waals surface area contributed by atoms with E-state index < -0.39 is 5.97 Å². The normalized spacial score (nSPS) is 15.8. The summed E-state index contributed by atoms with van der Waals surface area (Å²) in [6.07, 6.45) is 2.54. The van der Waals surface area contributed by atoms with E-state index in [-0.39, 0.29) is 29.7 Å². The van der Waals surface area contributed by atoms with Crippen LogP contribution in [0.1, 0.15) is 24.5 Å². The van der Waals surface area contributed by atoms with Gasteiger partial charge < -0.3 is 19.3 Å². The average Bonchev–Trinajstić information content (AvgIpc) is 3.38. The number of benzene rings is 1. The van der Waals surface area contributed by atoms with Gasteiger partial charge in [-0.15, -0.1) is 0 Å². The number of carboxylic acid groups (broad SMARTS) is 1. The molecule has 0 spiro atoms. The van der Waals surface area contributed by atoms with Crippen LogP contribution in [-0.4, -0.2) is 35.9 Å². The molecule has 1 aliphatic heterocycles. The van der Waals surface area contributed by atoms with Gasteiger partial charge in [0.15, 0.2) is 5.69 Å². The molecule has 5 rings (SSSR count). The number of fused-ring (bicyclic) bond motifs is 3. The Morgan fingerprint density at radius 2 is 2.18 bits per heavy atom. The van der Waals surface area contributed by atoms with E-state index in [9.17, 15) is 9.90 Å². The Labute approximate surface area is 159 Å². The molecule has 0 radical (unpaired) electrons. The Hall–Kier alpha value is -3.68. The molecule has 0 aliphatic carbocycles. The van der Waals surface area contributed by atoms with E-state index in [2.05, 4.69) is 19.7 Å². The Morgan fingerprint density at radius 3 is 3.00 bits per heavy atom. The van der Waals surface area contributed by atoms with Crippen molar-refractivity contribution in [1.29, 1.82) is 0 Å². The van der Waals surface area contributed by atoms with Gasteiger partial charge in [-0.2, -0.15) is 4.98 Å². The van der Waals surface area contributed by atoms with E-state index in [0.717, 1.165) is 35.1 Å². The van der Waals surface area contributed by atoms with E-state index in [1.165, 1.54) is 6.07 Å². The first-order valence-corrected chi connectivity index (χ1v) is 8.93. The molecule has 4 heterocycles. The molecule has 28 heavy (non-hydrogen) atoms. The fourth-order valence-corrected chi connectivity index (χ4v) is 3.87. The highest BCUT2D eigenvalue weighted by Gasteiger charge is 2.27. The lowest BCUT2D eigenvalue weighted by Gasteiger charge is -2.04. The van der Waals surface area contributed by atoms with Gasteiger partial charge in [-0.3, -0.25) is 4.79 Å². The van der Waals surface area contributed by atoms with Crippen molar-refractivity contribution in [2.75, 3.05) is 0 Å². The van der Waals surface area contributed by atoms with Crippen LogP contribution in [-0.2, 0) is 11.3 Å². The average molecular weight is 376 g/mol. The molecule has 0 saturated heterocycles. The largest absolute Gasteiger partial charge is 0.505 e. The number of hydrogen-bond acceptors (Lipinski definition) is 6. The van der Waals surface area contributed by atoms with Gasteiger partial charge in [0.1, 0.15) is 5.75 Å². The summed E-state index contributed by atoms with van der Waals surface area (Å²) in [5.41, 5.74) is 3.14. The Balaban J connectivity index is 1.51. The molecule has 1 atom stereocenters. The molecule has 0 unspecified atom stereocenters. The summed E-state index contributed by atoms with van der Waals surface area (Å²) in [7, 11) is 0. The molecule has 8 heteroatoms. The highest BCUT2D eigenvalue weighted by atomic mass is 16.5. The standard InChI is InChI=1S/C20H16N4O4/c25-16-2-1-6-21-18(16)20-22-19(23-28-20)12-3-4-14-13(8-12)9-15-11(10-17(26)27)5-7-24(14)15/h1-4,6,8-9,11,25H,5,7,10H2,(H,26,27)/t11-/m1/s1. The van der Waals surface area contributed by atoms with Crippen LogP contribution in [0.15, 0.2) is 47.1 Å². The number of aryl methyl sites for hydroxylation is 1. The molecule has 1 aromatic carbocycles. The van der Waals surface area contributed by atoms with Crippen molar-refractivity contribution >= 4 is 16.9 Å². The van der Waals surface area contributed by atoms with E-state index in [1.807, 2.05) is 24.3 Å². The maximum absolute atomic E-state index is 11.1. The first kappa shape index (κ1) is 16.5. The lowest BCUT2D eigenvalue weighted by molar-refractivity contribution is -0.137. The highest BCUT2D eigenvalue weighted by molar-refractivity contribution is 5.86. The number of aromatic nitrogens is 4. The third-order valence-corrected chi connectivity index (χ3v) is 5.15. The Kier molecular flexibility index (Phi) is 3.65. The second-order valence-electron chi connectivity index (χ2n) is 6.87. The van der Waals surface area contributed by atoms with Crippen LogP contribution in [0, 0.1) is 0 Å². The van der Waals surface area contributed by atoms with Crippen LogP contribution in [0.5, 0.6) is 5.75 Å². The molecular weight excluding hydrogens is 360 g/mol. The van der Waals surface area contributed by atoms with Crippen molar-refractivity contribution in [3.05, 3.63) is 48.3 Å². The van der Waals surface area contributed by atoms with Crippen LogP contribution in [0.25, 0.3) is 33.9 Å². The summed E-state index contributed by atoms with van der Waals surface area (Å²) in [5.74, 6) is -0.218. The molecule has 0 bridgehead atoms. The summed E-state index contributed by atoms with van der Waals surface area (Å²) in [4.78, 5) is 19.5. The van der Waals surface area contributed by atoms with Crippen LogP contribution < -0.4 is 0 Å². The summed E-state index contributed by atoms with van der Waals surface area (Å²) < 4.78 is 7.45. The monoisotopic (exact) mass is 376 g/mol. The minimum absolute atomic E-state index is 0.0264. The summed E-state index contributed by atoms with van der Waals surface area (Å²) in [5, 5.41) is 24.0. The first-order valence-electron chi connectivity index (χ1n) is 8.93. The zero-order valence-corrected chi connectivity index (χ0v) is 14.7. The molecule has 0 amide bonds. The number of aliphatic carboxylic acids is 1. The van der Waals surface area contributed by atoms with Crippen LogP contribution >= 0.6 is 0 Å². The van der Waals surface area contributed by atoms with E-state index in [4.69, 9.17) is 9.63 Å². The zero-order valence-electron chi connectivity index (χ0n) is 14.7. The molecule has 3 aromatic heterocycles. The predicted molar refractivity (Wildman–Crippen MR) is 99.7 cm³/mol. The SMILES string of the molecule is O=C(O)C[C@H]1CCn2c1cc1cc(-c3noc(-c4ncccc4O)n3)ccc12. The summed E-state index contributed by atoms with van der Waals surface area (Å²) in [6, 6.07) is 11.0. The molecule has 0 fully saturated rings. The fourth-order valence-electron chi connectivity index (χ4n) is 3.87. The van der Waals surface area contributed by atoms with E-state index in [0.29, 0.717) is 5.82 Å². The minimum atomic E-state index is -0.776. The van der Waals surface area contributed by atoms with Gasteiger partial charge in [-0.05, 0) is 42.8 Å². The number of pyridine rings is 1. The zero-order chi connectivity index (χ0) is 19.3. The summed E-state index contributed by atoms with van der Waals surface area (Å²) >= 11 is 0. The van der Waals surface area contributed by atoms with Gasteiger partial charge in [0, 0.05) is 40.8 Å². The second kappa shape index (κ2) is 6.19. The van der Waals surface area contributed by atoms with Gasteiger partial charge in [0.05, 0.1) is 6.42 Å². The number of carbonyl (C=O) groups is 1. The van der Waals surface area contributed by atoms with Gasteiger partial charge in [0.25, 0.3) is 5.89 Å². The fraction of sp³-hybridized carbons (Fsp3) is 0.200. The lowest BCUT2D eigenvalue weighted by atomic mass is 10.0.